The second-order valence-electron chi connectivity index (χ2n) is 5.72. The Bertz CT molecular complexity index is 361. The number of unbranched alkanes of at least 4 members (excludes halogenated alkanes) is 1. The van der Waals surface area contributed by atoms with Crippen LogP contribution in [0, 0.1) is 17.8 Å². The predicted octanol–water partition coefficient (Wildman–Crippen LogP) is 1.97. The Morgan fingerprint density at radius 3 is 2.42 bits per heavy atom. The van der Waals surface area contributed by atoms with Gasteiger partial charge in [0.25, 0.3) is 0 Å². The lowest BCUT2D eigenvalue weighted by molar-refractivity contribution is -0.139. The molecule has 1 saturated carbocycles. The van der Waals surface area contributed by atoms with E-state index in [1.165, 1.54) is 25.7 Å². The van der Waals surface area contributed by atoms with Gasteiger partial charge in [-0.15, -0.1) is 0 Å². The van der Waals surface area contributed by atoms with Crippen LogP contribution in [0.25, 0.3) is 0 Å². The number of carbonyl (C=O) groups excluding carboxylic acids is 3. The molecule has 19 heavy (non-hydrogen) atoms. The number of imide groups is 2. The van der Waals surface area contributed by atoms with Gasteiger partial charge in [-0.1, -0.05) is 39.0 Å². The van der Waals surface area contributed by atoms with Gasteiger partial charge in [0, 0.05) is 0 Å². The van der Waals surface area contributed by atoms with E-state index in [4.69, 9.17) is 0 Å². The van der Waals surface area contributed by atoms with Gasteiger partial charge in [-0.2, -0.15) is 0 Å². The molecule has 2 N–H and O–H groups in total. The van der Waals surface area contributed by atoms with Crippen LogP contribution < -0.4 is 10.6 Å². The molecular weight excluding hydrogens is 244 g/mol. The zero-order chi connectivity index (χ0) is 13.8. The van der Waals surface area contributed by atoms with E-state index in [-0.39, 0.29) is 5.92 Å². The molecule has 0 aromatic heterocycles. The minimum atomic E-state index is -0.690. The highest BCUT2D eigenvalue weighted by Gasteiger charge is 2.41. The average molecular weight is 266 g/mol. The lowest BCUT2D eigenvalue weighted by Crippen LogP contribution is -2.58. The molecule has 2 unspecified atom stereocenters. The first-order chi connectivity index (χ1) is 9.11. The summed E-state index contributed by atoms with van der Waals surface area (Å²) in [6.07, 6.45) is 7.68. The average Bonchev–Trinajstić information content (AvgIpc) is 2.35. The predicted molar refractivity (Wildman–Crippen MR) is 70.1 cm³/mol. The van der Waals surface area contributed by atoms with E-state index >= 15 is 0 Å². The fourth-order valence-electron chi connectivity index (χ4n) is 3.35. The summed E-state index contributed by atoms with van der Waals surface area (Å²) in [5, 5.41) is 4.41. The maximum atomic E-state index is 11.8. The van der Waals surface area contributed by atoms with Crippen LogP contribution in [0.15, 0.2) is 0 Å². The van der Waals surface area contributed by atoms with Crippen molar-refractivity contribution in [1.82, 2.24) is 10.6 Å². The molecule has 1 aliphatic carbocycles. The summed E-state index contributed by atoms with van der Waals surface area (Å²) in [6, 6.07) is -0.690. The molecule has 1 saturated heterocycles. The molecule has 5 heteroatoms. The zero-order valence-electron chi connectivity index (χ0n) is 11.4. The molecule has 0 bridgehead atoms. The van der Waals surface area contributed by atoms with Gasteiger partial charge in [0.2, 0.25) is 11.8 Å². The number of hydrogen-bond acceptors (Lipinski definition) is 3. The van der Waals surface area contributed by atoms with Crippen LogP contribution in [0.3, 0.4) is 0 Å². The number of nitrogens with one attached hydrogen (secondary N) is 2. The third-order valence-electron chi connectivity index (χ3n) is 4.30. The van der Waals surface area contributed by atoms with Crippen LogP contribution in [0.4, 0.5) is 4.79 Å². The van der Waals surface area contributed by atoms with Gasteiger partial charge in [-0.25, -0.2) is 4.79 Å². The molecule has 1 heterocycles. The molecule has 2 aliphatic rings. The minimum absolute atomic E-state index is 0.0868. The van der Waals surface area contributed by atoms with Crippen molar-refractivity contribution < 1.29 is 14.4 Å². The van der Waals surface area contributed by atoms with Crippen molar-refractivity contribution >= 4 is 17.8 Å². The van der Waals surface area contributed by atoms with E-state index in [1.807, 2.05) is 0 Å². The Hall–Kier alpha value is -1.39. The first-order valence-electron chi connectivity index (χ1n) is 7.27. The SMILES string of the molecule is CCCCC1CCCC(C2C(=O)NC(=O)NC2=O)C1. The largest absolute Gasteiger partial charge is 0.328 e. The Labute approximate surface area is 113 Å². The summed E-state index contributed by atoms with van der Waals surface area (Å²) in [5.41, 5.74) is 0. The van der Waals surface area contributed by atoms with Crippen LogP contribution in [-0.2, 0) is 9.59 Å². The second-order valence-corrected chi connectivity index (χ2v) is 5.72. The number of urea groups is 1. The van der Waals surface area contributed by atoms with Crippen LogP contribution in [-0.4, -0.2) is 17.8 Å². The van der Waals surface area contributed by atoms with Gasteiger partial charge in [0.1, 0.15) is 5.92 Å². The minimum Gasteiger partial charge on any atom is -0.277 e. The van der Waals surface area contributed by atoms with Crippen molar-refractivity contribution in [1.29, 1.82) is 0 Å². The molecule has 0 aromatic rings. The maximum Gasteiger partial charge on any atom is 0.328 e. The summed E-state index contributed by atoms with van der Waals surface area (Å²) in [6.45, 7) is 2.17. The smallest absolute Gasteiger partial charge is 0.277 e. The molecular formula is C14H22N2O3. The summed E-state index contributed by atoms with van der Waals surface area (Å²) in [5.74, 6) is -0.812. The number of carbonyl (C=O) groups is 3. The molecule has 2 rings (SSSR count). The van der Waals surface area contributed by atoms with Gasteiger partial charge < -0.3 is 0 Å². The van der Waals surface area contributed by atoms with Gasteiger partial charge in [-0.3, -0.25) is 20.2 Å². The highest BCUT2D eigenvalue weighted by atomic mass is 16.2. The van der Waals surface area contributed by atoms with Crippen molar-refractivity contribution in [2.75, 3.05) is 0 Å². The molecule has 0 spiro atoms. The number of amides is 4. The Balaban J connectivity index is 1.98. The lowest BCUT2D eigenvalue weighted by atomic mass is 9.73. The molecule has 106 valence electrons. The third kappa shape index (κ3) is 3.33. The Morgan fingerprint density at radius 1 is 1.11 bits per heavy atom. The quantitative estimate of drug-likeness (QED) is 0.764. The number of barbiturate groups is 1. The van der Waals surface area contributed by atoms with Crippen molar-refractivity contribution in [3.8, 4) is 0 Å². The molecule has 5 nitrogen and oxygen atoms in total. The van der Waals surface area contributed by atoms with Crippen molar-refractivity contribution in [3.63, 3.8) is 0 Å². The number of hydrogen-bond donors (Lipinski definition) is 2. The topological polar surface area (TPSA) is 75.3 Å². The van der Waals surface area contributed by atoms with Crippen molar-refractivity contribution in [3.05, 3.63) is 0 Å². The van der Waals surface area contributed by atoms with Gasteiger partial charge >= 0.3 is 6.03 Å². The highest BCUT2D eigenvalue weighted by molar-refractivity contribution is 6.16. The highest BCUT2D eigenvalue weighted by Crippen LogP contribution is 2.36. The van der Waals surface area contributed by atoms with Crippen molar-refractivity contribution in [2.45, 2.75) is 51.9 Å². The summed E-state index contributed by atoms with van der Waals surface area (Å²) in [4.78, 5) is 34.7. The molecule has 1 aliphatic heterocycles. The van der Waals surface area contributed by atoms with Gasteiger partial charge in [0.15, 0.2) is 0 Å². The fourth-order valence-corrected chi connectivity index (χ4v) is 3.35. The van der Waals surface area contributed by atoms with Crippen LogP contribution in [0.5, 0.6) is 0 Å². The molecule has 2 fully saturated rings. The molecule has 2 atom stereocenters. The van der Waals surface area contributed by atoms with E-state index in [2.05, 4.69) is 17.6 Å². The van der Waals surface area contributed by atoms with E-state index in [1.54, 1.807) is 0 Å². The van der Waals surface area contributed by atoms with Crippen molar-refractivity contribution in [2.24, 2.45) is 17.8 Å². The third-order valence-corrected chi connectivity index (χ3v) is 4.30. The van der Waals surface area contributed by atoms with E-state index in [9.17, 15) is 14.4 Å². The van der Waals surface area contributed by atoms with Crippen LogP contribution >= 0.6 is 0 Å². The Kier molecular flexibility index (Phi) is 4.56. The van der Waals surface area contributed by atoms with E-state index in [0.29, 0.717) is 5.92 Å². The fraction of sp³-hybridized carbons (Fsp3) is 0.786. The standard InChI is InChI=1S/C14H22N2O3/c1-2-3-5-9-6-4-7-10(8-9)11-12(17)15-14(19)16-13(11)18/h9-11H,2-8H2,1H3,(H2,15,16,17,18,19). The van der Waals surface area contributed by atoms with Crippen LogP contribution in [0.1, 0.15) is 51.9 Å². The summed E-state index contributed by atoms with van der Waals surface area (Å²) < 4.78 is 0. The molecule has 4 amide bonds. The summed E-state index contributed by atoms with van der Waals surface area (Å²) >= 11 is 0. The van der Waals surface area contributed by atoms with E-state index < -0.39 is 23.8 Å². The second kappa shape index (κ2) is 6.17. The molecule has 0 radical (unpaired) electrons. The zero-order valence-corrected chi connectivity index (χ0v) is 11.4. The van der Waals surface area contributed by atoms with E-state index in [0.717, 1.165) is 19.3 Å². The monoisotopic (exact) mass is 266 g/mol. The van der Waals surface area contributed by atoms with Crippen LogP contribution in [0.2, 0.25) is 0 Å². The first-order valence-corrected chi connectivity index (χ1v) is 7.27. The normalized spacial score (nSPS) is 29.0. The van der Waals surface area contributed by atoms with Gasteiger partial charge in [0.05, 0.1) is 0 Å². The Morgan fingerprint density at radius 2 is 1.79 bits per heavy atom. The number of rotatable bonds is 4. The first kappa shape index (κ1) is 14.0. The molecule has 0 aromatic carbocycles. The lowest BCUT2D eigenvalue weighted by Gasteiger charge is -2.34. The van der Waals surface area contributed by atoms with Gasteiger partial charge in [-0.05, 0) is 24.7 Å². The maximum absolute atomic E-state index is 11.8. The summed E-state index contributed by atoms with van der Waals surface area (Å²) in [7, 11) is 0.